The number of carbonyl (C=O) groups excluding carboxylic acids is 1. The van der Waals surface area contributed by atoms with Gasteiger partial charge in [-0.1, -0.05) is 18.2 Å². The lowest BCUT2D eigenvalue weighted by Crippen LogP contribution is -2.49. The minimum atomic E-state index is -3.43. The number of rotatable bonds is 3. The second kappa shape index (κ2) is 7.07. The van der Waals surface area contributed by atoms with E-state index < -0.39 is 15.3 Å². The summed E-state index contributed by atoms with van der Waals surface area (Å²) >= 11 is 0. The lowest BCUT2D eigenvalue weighted by Gasteiger charge is -2.33. The zero-order valence-electron chi connectivity index (χ0n) is 16.8. The maximum Gasteiger partial charge on any atom is 0.256 e. The van der Waals surface area contributed by atoms with Crippen molar-refractivity contribution in [1.29, 1.82) is 0 Å². The molecule has 3 aliphatic heterocycles. The number of fused-ring (bicyclic) bond motifs is 2. The Balaban J connectivity index is 1.44. The average Bonchev–Trinajstić information content (AvgIpc) is 3.02. The maximum absolute atomic E-state index is 13.4. The molecule has 160 valence electrons. The topological polar surface area (TPSA) is 120 Å². The molecule has 0 amide bonds. The van der Waals surface area contributed by atoms with E-state index in [2.05, 4.69) is 10.4 Å². The standard InChI is InChI=1S/C20H25N5O4S/c1-12-3-2-4-14-15(5-7-22-18(12)14)20(26)25-19(21)16-6-8-24(9-17(16)23-25)30(27,28)13-10-29-11-13/h2-4,13,15,22H,5-11,21H2,1H3/t15-/m1/s1. The SMILES string of the molecule is Cc1cccc2c1NCC[C@H]2C(=O)n1nc2c(c1N)CCN(S(=O)(=O)C1COC1)C2. The number of anilines is 2. The number of aromatic nitrogens is 2. The van der Waals surface area contributed by atoms with Crippen LogP contribution in [0.1, 0.15) is 39.5 Å². The molecule has 3 aliphatic rings. The van der Waals surface area contributed by atoms with Crippen molar-refractivity contribution in [2.75, 3.05) is 37.4 Å². The molecule has 5 rings (SSSR count). The number of nitrogens with two attached hydrogens (primary N) is 1. The van der Waals surface area contributed by atoms with Crippen LogP contribution in [-0.4, -0.2) is 60.0 Å². The number of ether oxygens (including phenoxy) is 1. The molecule has 0 bridgehead atoms. The average molecular weight is 432 g/mol. The van der Waals surface area contributed by atoms with Crippen LogP contribution in [0.4, 0.5) is 11.5 Å². The van der Waals surface area contributed by atoms with E-state index in [4.69, 9.17) is 10.5 Å². The molecular weight excluding hydrogens is 406 g/mol. The Bertz CT molecular complexity index is 1120. The molecule has 0 radical (unpaired) electrons. The number of hydrogen-bond acceptors (Lipinski definition) is 7. The van der Waals surface area contributed by atoms with E-state index in [0.29, 0.717) is 37.4 Å². The van der Waals surface area contributed by atoms with Crippen LogP contribution in [0, 0.1) is 6.92 Å². The van der Waals surface area contributed by atoms with Gasteiger partial charge in [0, 0.05) is 24.3 Å². The van der Waals surface area contributed by atoms with E-state index in [1.165, 1.54) is 8.99 Å². The number of benzene rings is 1. The third-order valence-corrected chi connectivity index (χ3v) is 8.50. The molecular formula is C20H25N5O4S. The van der Waals surface area contributed by atoms with Crippen LogP contribution in [0.3, 0.4) is 0 Å². The Morgan fingerprint density at radius 2 is 2.13 bits per heavy atom. The summed E-state index contributed by atoms with van der Waals surface area (Å²) in [6.45, 7) is 3.66. The van der Waals surface area contributed by atoms with Crippen molar-refractivity contribution in [2.24, 2.45) is 0 Å². The van der Waals surface area contributed by atoms with E-state index in [1.54, 1.807) is 0 Å². The largest absolute Gasteiger partial charge is 0.385 e. The van der Waals surface area contributed by atoms with Crippen molar-refractivity contribution in [3.05, 3.63) is 40.6 Å². The third kappa shape index (κ3) is 2.93. The first-order chi connectivity index (χ1) is 14.4. The van der Waals surface area contributed by atoms with Crippen molar-refractivity contribution >= 4 is 27.4 Å². The summed E-state index contributed by atoms with van der Waals surface area (Å²) in [4.78, 5) is 13.4. The van der Waals surface area contributed by atoms with Gasteiger partial charge < -0.3 is 15.8 Å². The molecule has 3 N–H and O–H groups in total. The quantitative estimate of drug-likeness (QED) is 0.747. The lowest BCUT2D eigenvalue weighted by atomic mass is 9.88. The number of sulfonamides is 1. The molecule has 4 heterocycles. The van der Waals surface area contributed by atoms with Crippen molar-refractivity contribution in [3.8, 4) is 0 Å². The first-order valence-corrected chi connectivity index (χ1v) is 11.7. The highest BCUT2D eigenvalue weighted by atomic mass is 32.2. The highest BCUT2D eigenvalue weighted by molar-refractivity contribution is 7.89. The second-order valence-corrected chi connectivity index (χ2v) is 10.4. The summed E-state index contributed by atoms with van der Waals surface area (Å²) < 4.78 is 33.2. The van der Waals surface area contributed by atoms with Crippen LogP contribution in [0.2, 0.25) is 0 Å². The van der Waals surface area contributed by atoms with E-state index in [1.807, 2.05) is 25.1 Å². The van der Waals surface area contributed by atoms with Gasteiger partial charge in [-0.15, -0.1) is 0 Å². The molecule has 1 atom stereocenters. The fourth-order valence-corrected chi connectivity index (χ4v) is 6.10. The Kier molecular flexibility index (Phi) is 4.60. The molecule has 0 spiro atoms. The van der Waals surface area contributed by atoms with E-state index >= 15 is 0 Å². The van der Waals surface area contributed by atoms with E-state index in [0.717, 1.165) is 22.4 Å². The number of carbonyl (C=O) groups is 1. The fraction of sp³-hybridized carbons (Fsp3) is 0.500. The molecule has 0 unspecified atom stereocenters. The number of aryl methyl sites for hydroxylation is 1. The van der Waals surface area contributed by atoms with Gasteiger partial charge in [0.05, 0.1) is 31.4 Å². The normalized spacial score (nSPS) is 22.0. The van der Waals surface area contributed by atoms with E-state index in [-0.39, 0.29) is 31.6 Å². The fourth-order valence-electron chi connectivity index (χ4n) is 4.50. The second-order valence-electron chi connectivity index (χ2n) is 8.16. The molecule has 0 aliphatic carbocycles. The van der Waals surface area contributed by atoms with Crippen LogP contribution in [0.25, 0.3) is 0 Å². The first kappa shape index (κ1) is 19.5. The van der Waals surface area contributed by atoms with Crippen LogP contribution < -0.4 is 11.1 Å². The zero-order valence-corrected chi connectivity index (χ0v) is 17.6. The summed E-state index contributed by atoms with van der Waals surface area (Å²) in [5.74, 6) is -0.180. The summed E-state index contributed by atoms with van der Waals surface area (Å²) in [5, 5.41) is 7.36. The summed E-state index contributed by atoms with van der Waals surface area (Å²) in [6, 6.07) is 5.93. The molecule has 1 aromatic carbocycles. The maximum atomic E-state index is 13.4. The van der Waals surface area contributed by atoms with Crippen molar-refractivity contribution in [1.82, 2.24) is 14.1 Å². The minimum Gasteiger partial charge on any atom is -0.385 e. The van der Waals surface area contributed by atoms with E-state index in [9.17, 15) is 13.2 Å². The monoisotopic (exact) mass is 431 g/mol. The minimum absolute atomic E-state index is 0.139. The van der Waals surface area contributed by atoms with Crippen LogP contribution >= 0.6 is 0 Å². The van der Waals surface area contributed by atoms with Gasteiger partial charge in [0.1, 0.15) is 11.1 Å². The molecule has 10 heteroatoms. The number of para-hydroxylation sites is 1. The highest BCUT2D eigenvalue weighted by Crippen LogP contribution is 2.36. The molecule has 9 nitrogen and oxygen atoms in total. The first-order valence-electron chi connectivity index (χ1n) is 10.2. The van der Waals surface area contributed by atoms with Gasteiger partial charge in [-0.05, 0) is 30.9 Å². The van der Waals surface area contributed by atoms with Gasteiger partial charge in [0.25, 0.3) is 5.91 Å². The third-order valence-electron chi connectivity index (χ3n) is 6.35. The molecule has 1 saturated heterocycles. The van der Waals surface area contributed by atoms with Crippen LogP contribution in [0.5, 0.6) is 0 Å². The zero-order chi connectivity index (χ0) is 21.0. The van der Waals surface area contributed by atoms with Crippen molar-refractivity contribution in [3.63, 3.8) is 0 Å². The predicted octanol–water partition coefficient (Wildman–Crippen LogP) is 1.10. The molecule has 0 saturated carbocycles. The summed E-state index contributed by atoms with van der Waals surface area (Å²) in [5.41, 5.74) is 10.7. The van der Waals surface area contributed by atoms with Gasteiger partial charge in [0.2, 0.25) is 10.0 Å². The molecule has 1 aromatic heterocycles. The molecule has 1 fully saturated rings. The number of nitrogens with zero attached hydrogens (tertiary/aromatic N) is 3. The van der Waals surface area contributed by atoms with Crippen molar-refractivity contribution < 1.29 is 17.9 Å². The number of hydrogen-bond donors (Lipinski definition) is 2. The Labute approximate surface area is 175 Å². The van der Waals surface area contributed by atoms with Gasteiger partial charge in [-0.25, -0.2) is 8.42 Å². The van der Waals surface area contributed by atoms with Gasteiger partial charge in [0.15, 0.2) is 0 Å². The van der Waals surface area contributed by atoms with Crippen molar-refractivity contribution in [2.45, 2.75) is 37.5 Å². The summed E-state index contributed by atoms with van der Waals surface area (Å²) in [6.07, 6.45) is 1.10. The van der Waals surface area contributed by atoms with Gasteiger partial charge >= 0.3 is 0 Å². The molecule has 2 aromatic rings. The Hall–Kier alpha value is -2.43. The highest BCUT2D eigenvalue weighted by Gasteiger charge is 2.40. The predicted molar refractivity (Wildman–Crippen MR) is 112 cm³/mol. The smallest absolute Gasteiger partial charge is 0.256 e. The lowest BCUT2D eigenvalue weighted by molar-refractivity contribution is 0.0389. The van der Waals surface area contributed by atoms with Gasteiger partial charge in [-0.3, -0.25) is 4.79 Å². The number of nitrogens with one attached hydrogen (secondary N) is 1. The molecule has 30 heavy (non-hydrogen) atoms. The van der Waals surface area contributed by atoms with Gasteiger partial charge in [-0.2, -0.15) is 14.1 Å². The Morgan fingerprint density at radius 1 is 1.33 bits per heavy atom. The van der Waals surface area contributed by atoms with Crippen LogP contribution in [-0.2, 0) is 27.7 Å². The summed E-state index contributed by atoms with van der Waals surface area (Å²) in [7, 11) is -3.43. The van der Waals surface area contributed by atoms with Crippen LogP contribution in [0.15, 0.2) is 18.2 Å². The Morgan fingerprint density at radius 3 is 2.87 bits per heavy atom. The number of nitrogen functional groups attached to an aromatic ring is 1.